The Morgan fingerprint density at radius 1 is 0.339 bits per heavy atom. The molecule has 0 N–H and O–H groups in total. The van der Waals surface area contributed by atoms with Gasteiger partial charge in [-0.3, -0.25) is 4.79 Å². The van der Waals surface area contributed by atoms with E-state index >= 15 is 0 Å². The van der Waals surface area contributed by atoms with Crippen molar-refractivity contribution >= 4 is 11.8 Å². The van der Waals surface area contributed by atoms with Crippen molar-refractivity contribution in [2.24, 2.45) is 0 Å². The first-order valence-corrected chi connectivity index (χ1v) is 21.3. The Hall–Kier alpha value is -2.04. The molecule has 0 amide bonds. The first-order chi connectivity index (χ1) is 27.8. The second-order valence-corrected chi connectivity index (χ2v) is 13.2. The summed E-state index contributed by atoms with van der Waals surface area (Å²) in [7, 11) is 0. The summed E-state index contributed by atoms with van der Waals surface area (Å²) >= 11 is 0. The van der Waals surface area contributed by atoms with E-state index < -0.39 is 11.8 Å². The van der Waals surface area contributed by atoms with E-state index in [1.165, 1.54) is 77.0 Å². The van der Waals surface area contributed by atoms with Crippen LogP contribution in [-0.2, 0) is 56.9 Å². The minimum Gasteiger partial charge on any atom is -0.457 e. The first-order valence-electron chi connectivity index (χ1n) is 21.3. The van der Waals surface area contributed by atoms with Crippen molar-refractivity contribution < 1.29 is 61.7 Å². The van der Waals surface area contributed by atoms with Crippen LogP contribution < -0.4 is 0 Å². The van der Waals surface area contributed by atoms with E-state index in [1.54, 1.807) is 30.3 Å². The molecule has 0 fully saturated rings. The molecule has 326 valence electrons. The zero-order valence-electron chi connectivity index (χ0n) is 34.7. The number of hydrogen-bond donors (Lipinski definition) is 0. The molecule has 0 atom stereocenters. The van der Waals surface area contributed by atoms with Gasteiger partial charge < -0.3 is 52.1 Å². The molecule has 13 nitrogen and oxygen atoms in total. The fourth-order valence-electron chi connectivity index (χ4n) is 5.27. The lowest BCUT2D eigenvalue weighted by Gasteiger charge is -2.09. The Labute approximate surface area is 338 Å². The van der Waals surface area contributed by atoms with Gasteiger partial charge in [0.15, 0.2) is 0 Å². The lowest BCUT2D eigenvalue weighted by molar-refractivity contribution is -0.139. The molecule has 0 heterocycles. The normalized spacial score (nSPS) is 11.4. The zero-order valence-corrected chi connectivity index (χ0v) is 34.7. The molecule has 0 aromatic heterocycles. The standard InChI is InChI=1S/C43H76O13/c1-2-3-4-5-6-7-8-9-10-11-12-13-17-20-46-21-22-47-23-24-48-25-26-49-27-28-50-29-30-51-31-32-52-33-34-53-35-36-54-37-38-55-39-40-56-43(45)42(44)41-18-15-14-16-19-41/h14-16,18-19H,2-13,17,20-40H2,1H3. The highest BCUT2D eigenvalue weighted by Crippen LogP contribution is 2.12. The van der Waals surface area contributed by atoms with E-state index in [-0.39, 0.29) is 13.2 Å². The maximum Gasteiger partial charge on any atom is 0.379 e. The molecule has 0 spiro atoms. The largest absolute Gasteiger partial charge is 0.457 e. The summed E-state index contributed by atoms with van der Waals surface area (Å²) in [6, 6.07) is 8.28. The molecular weight excluding hydrogens is 724 g/mol. The lowest BCUT2D eigenvalue weighted by Crippen LogP contribution is -2.20. The molecule has 1 aromatic rings. The molecule has 13 heteroatoms. The van der Waals surface area contributed by atoms with E-state index in [0.717, 1.165) is 13.0 Å². The summed E-state index contributed by atoms with van der Waals surface area (Å²) in [6.45, 7) is 12.2. The third-order valence-corrected chi connectivity index (χ3v) is 8.42. The van der Waals surface area contributed by atoms with Gasteiger partial charge in [0.2, 0.25) is 0 Å². The minimum absolute atomic E-state index is 0.00000996. The number of ketones is 1. The van der Waals surface area contributed by atoms with Gasteiger partial charge in [-0.2, -0.15) is 0 Å². The van der Waals surface area contributed by atoms with Gasteiger partial charge in [0.1, 0.15) is 6.61 Å². The average Bonchev–Trinajstić information content (AvgIpc) is 3.22. The third-order valence-electron chi connectivity index (χ3n) is 8.42. The maximum atomic E-state index is 11.9. The maximum absolute atomic E-state index is 11.9. The van der Waals surface area contributed by atoms with E-state index in [4.69, 9.17) is 52.1 Å². The molecule has 0 bridgehead atoms. The van der Waals surface area contributed by atoms with Crippen LogP contribution in [0.4, 0.5) is 0 Å². The summed E-state index contributed by atoms with van der Waals surface area (Å²) in [5.74, 6) is -1.57. The van der Waals surface area contributed by atoms with Gasteiger partial charge in [-0.25, -0.2) is 4.79 Å². The summed E-state index contributed by atoms with van der Waals surface area (Å²) in [4.78, 5) is 23.7. The van der Waals surface area contributed by atoms with Gasteiger partial charge in [0, 0.05) is 12.2 Å². The number of unbranched alkanes of at least 4 members (excludes halogenated alkanes) is 12. The van der Waals surface area contributed by atoms with Gasteiger partial charge in [-0.05, 0) is 6.42 Å². The molecule has 0 aliphatic rings. The number of rotatable bonds is 46. The second kappa shape index (κ2) is 44.1. The van der Waals surface area contributed by atoms with Gasteiger partial charge in [-0.1, -0.05) is 114 Å². The van der Waals surface area contributed by atoms with Crippen LogP contribution in [0.3, 0.4) is 0 Å². The lowest BCUT2D eigenvalue weighted by atomic mass is 10.0. The Kier molecular flexibility index (Phi) is 40.9. The van der Waals surface area contributed by atoms with Gasteiger partial charge >= 0.3 is 5.97 Å². The van der Waals surface area contributed by atoms with Crippen molar-refractivity contribution in [3.05, 3.63) is 35.9 Å². The summed E-state index contributed by atoms with van der Waals surface area (Å²) in [5.41, 5.74) is 0.298. The number of carbonyl (C=O) groups excluding carboxylic acids is 2. The average molecular weight is 801 g/mol. The Balaban J connectivity index is 1.63. The van der Waals surface area contributed by atoms with Crippen molar-refractivity contribution in [2.75, 3.05) is 139 Å². The van der Waals surface area contributed by atoms with Crippen molar-refractivity contribution in [1.29, 1.82) is 0 Å². The number of esters is 1. The van der Waals surface area contributed by atoms with Crippen LogP contribution in [-0.4, -0.2) is 150 Å². The van der Waals surface area contributed by atoms with Crippen molar-refractivity contribution in [2.45, 2.75) is 90.4 Å². The van der Waals surface area contributed by atoms with E-state index in [1.807, 2.05) is 0 Å². The number of benzene rings is 1. The van der Waals surface area contributed by atoms with Gasteiger partial charge in [0.25, 0.3) is 5.78 Å². The topological polar surface area (TPSA) is 136 Å². The summed E-state index contributed by atoms with van der Waals surface area (Å²) < 4.78 is 59.9. The monoisotopic (exact) mass is 801 g/mol. The quantitative estimate of drug-likeness (QED) is 0.0301. The predicted molar refractivity (Wildman–Crippen MR) is 216 cm³/mol. The number of carbonyl (C=O) groups is 2. The number of ether oxygens (including phenoxy) is 11. The van der Waals surface area contributed by atoms with Crippen LogP contribution in [0.25, 0.3) is 0 Å². The highest BCUT2D eigenvalue weighted by atomic mass is 16.6. The van der Waals surface area contributed by atoms with Crippen LogP contribution in [0.5, 0.6) is 0 Å². The molecule has 1 aromatic carbocycles. The highest BCUT2D eigenvalue weighted by Gasteiger charge is 2.17. The molecule has 1 rings (SSSR count). The Morgan fingerprint density at radius 3 is 0.929 bits per heavy atom. The SMILES string of the molecule is CCCCCCCCCCCCCCCOCCOCCOCCOCCOCCOCCOCCOCCOCCOCCOC(=O)C(=O)c1ccccc1. The minimum atomic E-state index is -0.894. The second-order valence-electron chi connectivity index (χ2n) is 13.2. The van der Waals surface area contributed by atoms with Crippen LogP contribution in [0.15, 0.2) is 30.3 Å². The van der Waals surface area contributed by atoms with Gasteiger partial charge in [-0.15, -0.1) is 0 Å². The summed E-state index contributed by atoms with van der Waals surface area (Å²) in [5, 5.41) is 0. The Bertz CT molecular complexity index is 953. The van der Waals surface area contributed by atoms with E-state index in [0.29, 0.717) is 124 Å². The molecule has 56 heavy (non-hydrogen) atoms. The van der Waals surface area contributed by atoms with Crippen LogP contribution in [0.1, 0.15) is 101 Å². The molecule has 0 aliphatic carbocycles. The van der Waals surface area contributed by atoms with Crippen molar-refractivity contribution in [3.63, 3.8) is 0 Å². The number of hydrogen-bond acceptors (Lipinski definition) is 13. The molecular formula is C43H76O13. The van der Waals surface area contributed by atoms with E-state index in [2.05, 4.69) is 6.92 Å². The first kappa shape index (κ1) is 52.0. The third kappa shape index (κ3) is 37.5. The number of Topliss-reactive ketones (excluding diaryl/α,β-unsaturated/α-hetero) is 1. The van der Waals surface area contributed by atoms with Crippen LogP contribution >= 0.6 is 0 Å². The fraction of sp³-hybridized carbons (Fsp3) is 0.814. The van der Waals surface area contributed by atoms with Crippen LogP contribution in [0.2, 0.25) is 0 Å². The van der Waals surface area contributed by atoms with E-state index in [9.17, 15) is 9.59 Å². The van der Waals surface area contributed by atoms with Crippen LogP contribution in [0, 0.1) is 0 Å². The van der Waals surface area contributed by atoms with Gasteiger partial charge in [0.05, 0.1) is 126 Å². The van der Waals surface area contributed by atoms with Crippen molar-refractivity contribution in [3.8, 4) is 0 Å². The van der Waals surface area contributed by atoms with Crippen molar-refractivity contribution in [1.82, 2.24) is 0 Å². The molecule has 0 unspecified atom stereocenters. The fourth-order valence-corrected chi connectivity index (χ4v) is 5.27. The molecule has 0 saturated heterocycles. The highest BCUT2D eigenvalue weighted by molar-refractivity contribution is 6.40. The molecule has 0 aliphatic heterocycles. The summed E-state index contributed by atoms with van der Waals surface area (Å²) in [6.07, 6.45) is 17.7. The Morgan fingerprint density at radius 2 is 0.607 bits per heavy atom. The molecule has 0 saturated carbocycles. The zero-order chi connectivity index (χ0) is 40.1. The smallest absolute Gasteiger partial charge is 0.379 e. The predicted octanol–water partition coefficient (Wildman–Crippen LogP) is 6.67. The molecule has 0 radical (unpaired) electrons.